The summed E-state index contributed by atoms with van der Waals surface area (Å²) in [6.07, 6.45) is 7.26. The first kappa shape index (κ1) is 30.6. The Balaban J connectivity index is 1.24. The fourth-order valence-electron chi connectivity index (χ4n) is 9.19. The van der Waals surface area contributed by atoms with Crippen LogP contribution in [0.5, 0.6) is 0 Å². The van der Waals surface area contributed by atoms with E-state index in [2.05, 4.69) is 11.8 Å². The van der Waals surface area contributed by atoms with Crippen molar-refractivity contribution in [2.75, 3.05) is 6.61 Å². The van der Waals surface area contributed by atoms with E-state index in [9.17, 15) is 29.6 Å². The molecule has 0 aromatic heterocycles. The van der Waals surface area contributed by atoms with Crippen LogP contribution in [0.4, 0.5) is 0 Å². The number of hydrogen-bond acceptors (Lipinski definition) is 10. The highest BCUT2D eigenvalue weighted by Crippen LogP contribution is 2.69. The number of allylic oxidation sites excluding steroid dienone is 4. The van der Waals surface area contributed by atoms with E-state index < -0.39 is 52.6 Å². The van der Waals surface area contributed by atoms with Crippen molar-refractivity contribution in [3.05, 3.63) is 69.3 Å². The molecule has 4 unspecified atom stereocenters. The summed E-state index contributed by atoms with van der Waals surface area (Å²) < 4.78 is 18.5. The van der Waals surface area contributed by atoms with E-state index in [1.807, 2.05) is 19.9 Å². The van der Waals surface area contributed by atoms with E-state index in [1.165, 1.54) is 24.3 Å². The molecule has 3 saturated carbocycles. The zero-order valence-electron chi connectivity index (χ0n) is 25.2. The molecular weight excluding hydrogens is 570 g/mol. The lowest BCUT2D eigenvalue weighted by molar-refractivity contribution is -0.763. The van der Waals surface area contributed by atoms with Gasteiger partial charge in [0.05, 0.1) is 17.8 Å². The molecule has 1 aromatic rings. The van der Waals surface area contributed by atoms with Gasteiger partial charge in [-0.25, -0.2) is 4.79 Å². The zero-order valence-corrected chi connectivity index (χ0v) is 25.2. The lowest BCUT2D eigenvalue weighted by Crippen LogP contribution is -2.63. The fourth-order valence-corrected chi connectivity index (χ4v) is 9.19. The molecule has 1 N–H and O–H groups in total. The minimum Gasteiger partial charge on any atom is -0.454 e. The number of aliphatic hydroxyl groups excluding tert-OH is 1. The van der Waals surface area contributed by atoms with Gasteiger partial charge >= 0.3 is 5.97 Å². The fraction of sp³-hybridized carbons (Fsp3) is 0.606. The number of carbonyl (C=O) groups is 3. The Morgan fingerprint density at radius 3 is 2.66 bits per heavy atom. The maximum absolute atomic E-state index is 14.3. The molecule has 1 aliphatic heterocycles. The third kappa shape index (κ3) is 4.71. The number of Topliss-reactive ketones (excluding diaryl/α,β-unsaturated/α-hetero) is 1. The maximum atomic E-state index is 14.3. The number of ketones is 2. The summed E-state index contributed by atoms with van der Waals surface area (Å²) in [5, 5.41) is 21.4. The highest BCUT2D eigenvalue weighted by Gasteiger charge is 2.75. The van der Waals surface area contributed by atoms with Crippen LogP contribution in [0, 0.1) is 38.7 Å². The summed E-state index contributed by atoms with van der Waals surface area (Å²) in [5.41, 5.74) is -0.854. The topological polar surface area (TPSA) is 152 Å². The van der Waals surface area contributed by atoms with Gasteiger partial charge in [0.1, 0.15) is 6.61 Å². The van der Waals surface area contributed by atoms with Crippen molar-refractivity contribution in [1.29, 1.82) is 0 Å². The molecule has 11 heteroatoms. The third-order valence-corrected chi connectivity index (χ3v) is 11.1. The maximum Gasteiger partial charge on any atom is 0.338 e. The van der Waals surface area contributed by atoms with Crippen LogP contribution >= 0.6 is 0 Å². The second-order valence-electron chi connectivity index (χ2n) is 13.3. The van der Waals surface area contributed by atoms with Crippen molar-refractivity contribution in [3.63, 3.8) is 0 Å². The van der Waals surface area contributed by atoms with Crippen LogP contribution in [-0.2, 0) is 35.2 Å². The average molecular weight is 610 g/mol. The Hall–Kier alpha value is -3.41. The minimum absolute atomic E-state index is 0.0152. The molecule has 5 aliphatic rings. The van der Waals surface area contributed by atoms with Gasteiger partial charge in [-0.15, -0.1) is 10.1 Å². The summed E-state index contributed by atoms with van der Waals surface area (Å²) >= 11 is 0. The summed E-state index contributed by atoms with van der Waals surface area (Å²) in [5.74, 6) is -1.13. The van der Waals surface area contributed by atoms with Gasteiger partial charge < -0.3 is 24.2 Å². The van der Waals surface area contributed by atoms with Gasteiger partial charge in [-0.1, -0.05) is 51.0 Å². The Bertz CT molecular complexity index is 1420. The molecule has 0 amide bonds. The summed E-state index contributed by atoms with van der Waals surface area (Å²) in [7, 11) is 0. The number of nitrogens with zero attached hydrogens (tertiary/aromatic N) is 1. The van der Waals surface area contributed by atoms with Gasteiger partial charge in [0.2, 0.25) is 5.78 Å². The molecule has 236 valence electrons. The van der Waals surface area contributed by atoms with Crippen molar-refractivity contribution in [1.82, 2.24) is 0 Å². The molecule has 0 spiro atoms. The van der Waals surface area contributed by atoms with E-state index >= 15 is 0 Å². The predicted molar refractivity (Wildman–Crippen MR) is 154 cm³/mol. The van der Waals surface area contributed by atoms with Crippen LogP contribution < -0.4 is 0 Å². The lowest BCUT2D eigenvalue weighted by Gasteiger charge is -2.59. The SMILES string of the molecule is CCCC1O[C@@H]2CC3C4CCC5=CC(=O)C=C[C@]5(C)C4[C@@H](O)C[C@]3(C)[C@]2(C(=O)COC(=O)c2ccc(CO[N+](=O)[O-])cc2)O1. The highest BCUT2D eigenvalue weighted by molar-refractivity contribution is 6.01. The van der Waals surface area contributed by atoms with E-state index in [0.29, 0.717) is 24.8 Å². The third-order valence-electron chi connectivity index (χ3n) is 11.1. The standard InChI is InChI=1S/C33H39NO10/c1-4-5-28-43-27-15-24-23-11-10-21-14-22(35)12-13-31(21,2)29(23)25(36)16-32(24,3)33(27,44-28)26(37)18-41-30(38)20-8-6-19(7-9-20)17-42-34(39)40/h6-9,12-14,23-25,27-29,36H,4-5,10-11,15-18H2,1-3H3/t23?,24?,25-,27+,28?,29?,31-,32-,33+/m0/s1. The second-order valence-corrected chi connectivity index (χ2v) is 13.3. The van der Waals surface area contributed by atoms with E-state index in [-0.39, 0.29) is 41.5 Å². The lowest BCUT2D eigenvalue weighted by atomic mass is 9.46. The average Bonchev–Trinajstić information content (AvgIpc) is 3.47. The number of carbonyl (C=O) groups excluding carboxylic acids is 3. The number of fused-ring (bicyclic) bond motifs is 7. The number of hydrogen-bond donors (Lipinski definition) is 1. The number of aliphatic hydroxyl groups is 1. The molecule has 9 atom stereocenters. The van der Waals surface area contributed by atoms with Crippen molar-refractivity contribution >= 4 is 17.5 Å². The predicted octanol–water partition coefficient (Wildman–Crippen LogP) is 4.29. The normalized spacial score (nSPS) is 38.5. The first-order valence-electron chi connectivity index (χ1n) is 15.4. The second kappa shape index (κ2) is 11.2. The molecule has 11 nitrogen and oxygen atoms in total. The Labute approximate surface area is 255 Å². The Kier molecular flexibility index (Phi) is 7.78. The molecule has 0 bridgehead atoms. The van der Waals surface area contributed by atoms with Gasteiger partial charge in [0.25, 0.3) is 5.09 Å². The zero-order chi connectivity index (χ0) is 31.4. The smallest absolute Gasteiger partial charge is 0.338 e. The van der Waals surface area contributed by atoms with Crippen LogP contribution in [0.2, 0.25) is 0 Å². The molecule has 1 aromatic carbocycles. The van der Waals surface area contributed by atoms with E-state index in [0.717, 1.165) is 24.8 Å². The van der Waals surface area contributed by atoms with Crippen LogP contribution in [0.15, 0.2) is 48.1 Å². The van der Waals surface area contributed by atoms with E-state index in [1.54, 1.807) is 12.2 Å². The Morgan fingerprint density at radius 1 is 1.20 bits per heavy atom. The van der Waals surface area contributed by atoms with Gasteiger partial charge in [0.15, 0.2) is 24.3 Å². The van der Waals surface area contributed by atoms with Crippen LogP contribution in [0.1, 0.15) is 75.2 Å². The monoisotopic (exact) mass is 609 g/mol. The molecule has 44 heavy (non-hydrogen) atoms. The van der Waals surface area contributed by atoms with Gasteiger partial charge in [-0.05, 0) is 73.8 Å². The van der Waals surface area contributed by atoms with Gasteiger partial charge in [-0.3, -0.25) is 9.59 Å². The molecule has 1 saturated heterocycles. The summed E-state index contributed by atoms with van der Waals surface area (Å²) in [6.45, 7) is 5.37. The highest BCUT2D eigenvalue weighted by atomic mass is 16.9. The molecule has 1 heterocycles. The van der Waals surface area contributed by atoms with Gasteiger partial charge in [0, 0.05) is 16.7 Å². The quantitative estimate of drug-likeness (QED) is 0.244. The molecule has 4 fully saturated rings. The van der Waals surface area contributed by atoms with Crippen LogP contribution in [0.3, 0.4) is 0 Å². The molecule has 0 radical (unpaired) electrons. The largest absolute Gasteiger partial charge is 0.454 e. The number of benzene rings is 1. The van der Waals surface area contributed by atoms with Crippen molar-refractivity contribution in [2.45, 2.75) is 90.0 Å². The number of esters is 1. The van der Waals surface area contributed by atoms with Crippen LogP contribution in [-0.4, -0.2) is 58.4 Å². The van der Waals surface area contributed by atoms with Gasteiger partial charge in [-0.2, -0.15) is 0 Å². The number of ether oxygens (including phenoxy) is 3. The summed E-state index contributed by atoms with van der Waals surface area (Å²) in [6, 6.07) is 5.96. The minimum atomic E-state index is -1.39. The van der Waals surface area contributed by atoms with Crippen molar-refractivity contribution in [2.24, 2.45) is 28.6 Å². The first-order chi connectivity index (χ1) is 20.9. The summed E-state index contributed by atoms with van der Waals surface area (Å²) in [4.78, 5) is 54.2. The van der Waals surface area contributed by atoms with Crippen molar-refractivity contribution < 1.29 is 43.6 Å². The first-order valence-corrected chi connectivity index (χ1v) is 15.4. The van der Waals surface area contributed by atoms with E-state index in [4.69, 9.17) is 14.2 Å². The number of rotatable bonds is 9. The molecule has 6 rings (SSSR count). The molecular formula is C33H39NO10. The van der Waals surface area contributed by atoms with Crippen molar-refractivity contribution in [3.8, 4) is 0 Å². The van der Waals surface area contributed by atoms with Crippen LogP contribution in [0.25, 0.3) is 0 Å². The molecule has 4 aliphatic carbocycles. The Morgan fingerprint density at radius 2 is 1.95 bits per heavy atom.